The summed E-state index contributed by atoms with van der Waals surface area (Å²) in [4.78, 5) is 0. The number of nitrogens with one attached hydrogen (secondary N) is 1. The number of rotatable bonds is 0. The van der Waals surface area contributed by atoms with Gasteiger partial charge in [-0.05, 0) is 0 Å². The van der Waals surface area contributed by atoms with E-state index in [0.717, 1.165) is 0 Å². The number of hydrogen-bond acceptors (Lipinski definition) is 1. The molecule has 0 heterocycles. The average molecular weight is 241 g/mol. The van der Waals surface area contributed by atoms with Gasteiger partial charge in [0.1, 0.15) is 0 Å². The van der Waals surface area contributed by atoms with Gasteiger partial charge in [0.25, 0.3) is 0 Å². The van der Waals surface area contributed by atoms with E-state index in [9.17, 15) is 0 Å². The quantitative estimate of drug-likeness (QED) is 0.482. The Morgan fingerprint density at radius 2 is 1.60 bits per heavy atom. The molecule has 0 rings (SSSR count). The molecule has 0 fully saturated rings. The molecule has 0 atom stereocenters. The average Bonchev–Trinajstić information content (AvgIpc) is 0.918. The molecule has 30 valence electrons. The van der Waals surface area contributed by atoms with Gasteiger partial charge in [0.2, 0.25) is 0 Å². The molecule has 0 aromatic carbocycles. The smallest absolute Gasteiger partial charge is 0.519 e. The van der Waals surface area contributed by atoms with Gasteiger partial charge in [0, 0.05) is 0 Å². The summed E-state index contributed by atoms with van der Waals surface area (Å²) in [6.45, 7) is 1.54. The molecular formula is C3H7NW. The first-order chi connectivity index (χ1) is 1.41. The first-order valence-electron chi connectivity index (χ1n) is 0.750. The van der Waals surface area contributed by atoms with Crippen molar-refractivity contribution in [2.75, 3.05) is 0 Å². The third-order valence-corrected chi connectivity index (χ3v) is 0. The molecule has 0 unspecified atom stereocenters. The molecule has 0 aliphatic rings. The fourth-order valence-electron chi connectivity index (χ4n) is 0. The van der Waals surface area contributed by atoms with Crippen LogP contribution in [0.4, 0.5) is 0 Å². The van der Waals surface area contributed by atoms with E-state index in [1.54, 1.807) is 6.92 Å². The van der Waals surface area contributed by atoms with Crippen LogP contribution in [0.15, 0.2) is 0 Å². The maximum absolute atomic E-state index is 5.96. The van der Waals surface area contributed by atoms with Crippen LogP contribution in [0.5, 0.6) is 0 Å². The third-order valence-electron chi connectivity index (χ3n) is 0. The van der Waals surface area contributed by atoms with Gasteiger partial charge in [0.05, 0.1) is 0 Å². The van der Waals surface area contributed by atoms with E-state index < -0.39 is 0 Å². The molecule has 0 amide bonds. The second-order valence-electron chi connectivity index (χ2n) is 0.250. The fourth-order valence-corrected chi connectivity index (χ4v) is 0. The second-order valence-corrected chi connectivity index (χ2v) is 0.250. The molecule has 0 aliphatic carbocycles. The van der Waals surface area contributed by atoms with E-state index in [1.165, 1.54) is 0 Å². The normalized spacial score (nSPS) is 2.60. The molecule has 0 aromatic heterocycles. The maximum Gasteiger partial charge on any atom is 2.00 e. The Morgan fingerprint density at radius 3 is 1.60 bits per heavy atom. The minimum atomic E-state index is 0. The van der Waals surface area contributed by atoms with Crippen molar-refractivity contribution < 1.29 is 21.1 Å². The van der Waals surface area contributed by atoms with Crippen molar-refractivity contribution in [1.82, 2.24) is 0 Å². The minimum absolute atomic E-state index is 0. The largest absolute Gasteiger partial charge is 2.00 e. The molecule has 0 bridgehead atoms. The monoisotopic (exact) mass is 241 g/mol. The Labute approximate surface area is 47.5 Å². The van der Waals surface area contributed by atoms with Crippen LogP contribution in [-0.2, 0) is 21.1 Å². The van der Waals surface area contributed by atoms with Crippen molar-refractivity contribution in [1.29, 1.82) is 5.41 Å². The summed E-state index contributed by atoms with van der Waals surface area (Å²) >= 11 is 0. The first-order valence-corrected chi connectivity index (χ1v) is 0.750. The van der Waals surface area contributed by atoms with Gasteiger partial charge < -0.3 is 19.1 Å². The van der Waals surface area contributed by atoms with Crippen LogP contribution >= 0.6 is 0 Å². The van der Waals surface area contributed by atoms with Crippen molar-refractivity contribution in [2.24, 2.45) is 0 Å². The maximum atomic E-state index is 5.96. The summed E-state index contributed by atoms with van der Waals surface area (Å²) < 4.78 is 0. The van der Waals surface area contributed by atoms with E-state index in [4.69, 9.17) is 5.41 Å². The van der Waals surface area contributed by atoms with Crippen LogP contribution in [0.1, 0.15) is 6.92 Å². The van der Waals surface area contributed by atoms with E-state index in [2.05, 4.69) is 0 Å². The minimum Gasteiger partial charge on any atom is -0.519 e. The van der Waals surface area contributed by atoms with Crippen LogP contribution in [0.3, 0.4) is 0 Å². The zero-order valence-corrected chi connectivity index (χ0v) is 6.34. The zero-order valence-electron chi connectivity index (χ0n) is 3.41. The molecule has 0 aromatic rings. The van der Waals surface area contributed by atoms with E-state index in [1.807, 2.05) is 6.21 Å². The molecule has 5 heavy (non-hydrogen) atoms. The van der Waals surface area contributed by atoms with Crippen LogP contribution in [0, 0.1) is 12.8 Å². The van der Waals surface area contributed by atoms with Crippen molar-refractivity contribution in [3.8, 4) is 0 Å². The summed E-state index contributed by atoms with van der Waals surface area (Å²) in [7, 11) is 0. The zero-order chi connectivity index (χ0) is 2.71. The van der Waals surface area contributed by atoms with Gasteiger partial charge >= 0.3 is 21.1 Å². The van der Waals surface area contributed by atoms with Gasteiger partial charge in [-0.25, -0.2) is 0 Å². The molecule has 2 heteroatoms. The van der Waals surface area contributed by atoms with Crippen molar-refractivity contribution in [3.63, 3.8) is 0 Å². The predicted octanol–water partition coefficient (Wildman–Crippen LogP) is 0.981. The Hall–Kier alpha value is 0.358. The van der Waals surface area contributed by atoms with Gasteiger partial charge in [-0.3, -0.25) is 0 Å². The molecule has 0 radical (unpaired) electrons. The summed E-state index contributed by atoms with van der Waals surface area (Å²) in [5.41, 5.74) is 0. The summed E-state index contributed by atoms with van der Waals surface area (Å²) in [5, 5.41) is 5.96. The first kappa shape index (κ1) is 18.3. The summed E-state index contributed by atoms with van der Waals surface area (Å²) in [5.74, 6) is 0. The molecule has 1 N–H and O–H groups in total. The van der Waals surface area contributed by atoms with Crippen molar-refractivity contribution in [3.05, 3.63) is 7.43 Å². The molecule has 1 nitrogen and oxygen atoms in total. The Balaban J connectivity index is -0.0000000200. The molecule has 0 aliphatic heterocycles. The van der Waals surface area contributed by atoms with E-state index >= 15 is 0 Å². The van der Waals surface area contributed by atoms with Crippen LogP contribution < -0.4 is 0 Å². The van der Waals surface area contributed by atoms with Crippen molar-refractivity contribution in [2.45, 2.75) is 6.92 Å². The summed E-state index contributed by atoms with van der Waals surface area (Å²) in [6, 6.07) is 0. The van der Waals surface area contributed by atoms with E-state index in [0.29, 0.717) is 0 Å². The molecule has 0 saturated heterocycles. The molecule has 0 saturated carbocycles. The Morgan fingerprint density at radius 1 is 1.60 bits per heavy atom. The Kier molecular flexibility index (Phi) is 97.5. The van der Waals surface area contributed by atoms with Crippen LogP contribution in [-0.4, -0.2) is 6.21 Å². The van der Waals surface area contributed by atoms with Gasteiger partial charge in [-0.2, -0.15) is 6.92 Å². The van der Waals surface area contributed by atoms with Crippen LogP contribution in [0.2, 0.25) is 0 Å². The number of hydrogen-bond donors (Lipinski definition) is 1. The van der Waals surface area contributed by atoms with Gasteiger partial charge in [-0.15, -0.1) is 0 Å². The fraction of sp³-hybridized carbons (Fsp3) is 0.333. The van der Waals surface area contributed by atoms with Crippen LogP contribution in [0.25, 0.3) is 0 Å². The predicted molar refractivity (Wildman–Crippen MR) is 19.8 cm³/mol. The Bertz CT molecular complexity index is 14.4. The van der Waals surface area contributed by atoms with Gasteiger partial charge in [0.15, 0.2) is 0 Å². The van der Waals surface area contributed by atoms with Crippen molar-refractivity contribution >= 4 is 6.21 Å². The SMILES string of the molecule is C[C-]=N.[CH3-].[W+2]. The third kappa shape index (κ3) is 189. The summed E-state index contributed by atoms with van der Waals surface area (Å²) in [6.07, 6.45) is 2.00. The van der Waals surface area contributed by atoms with E-state index in [-0.39, 0.29) is 28.5 Å². The molecular weight excluding hydrogens is 234 g/mol. The topological polar surface area (TPSA) is 23.9 Å². The molecule has 0 spiro atoms. The second kappa shape index (κ2) is 26.6. The van der Waals surface area contributed by atoms with Gasteiger partial charge in [-0.1, -0.05) is 0 Å². The standard InChI is InChI=1S/C2H4N.CH3.W/c1-2-3;;/h3H,1H3;1H3;/q2*-1;+2.